The van der Waals surface area contributed by atoms with Gasteiger partial charge in [-0.3, -0.25) is 4.79 Å². The summed E-state index contributed by atoms with van der Waals surface area (Å²) >= 11 is 11.4. The highest BCUT2D eigenvalue weighted by Gasteiger charge is 2.34. The number of amides is 1. The van der Waals surface area contributed by atoms with E-state index >= 15 is 0 Å². The van der Waals surface area contributed by atoms with Crippen molar-refractivity contribution in [3.8, 4) is 11.4 Å². The molecule has 22 heavy (non-hydrogen) atoms. The average molecular weight is 340 g/mol. The van der Waals surface area contributed by atoms with E-state index in [-0.39, 0.29) is 11.9 Å². The molecule has 2 heterocycles. The number of carbonyl (C=O) groups is 1. The van der Waals surface area contributed by atoms with E-state index in [4.69, 9.17) is 27.7 Å². The van der Waals surface area contributed by atoms with Gasteiger partial charge in [0.15, 0.2) is 4.84 Å². The van der Waals surface area contributed by atoms with E-state index in [2.05, 4.69) is 10.1 Å². The summed E-state index contributed by atoms with van der Waals surface area (Å²) in [5, 5.41) is 4.01. The molecule has 1 unspecified atom stereocenters. The van der Waals surface area contributed by atoms with E-state index < -0.39 is 4.84 Å². The Morgan fingerprint density at radius 1 is 1.27 bits per heavy atom. The summed E-state index contributed by atoms with van der Waals surface area (Å²) < 4.78 is 5.38. The lowest BCUT2D eigenvalue weighted by molar-refractivity contribution is -0.133. The van der Waals surface area contributed by atoms with Crippen molar-refractivity contribution in [2.75, 3.05) is 6.54 Å². The van der Waals surface area contributed by atoms with Crippen LogP contribution in [-0.4, -0.2) is 32.3 Å². The zero-order chi connectivity index (χ0) is 15.5. The number of hydrogen-bond donors (Lipinski definition) is 0. The Bertz CT molecular complexity index is 645. The minimum Gasteiger partial charge on any atom is -0.337 e. The second-order valence-electron chi connectivity index (χ2n) is 5.17. The summed E-state index contributed by atoms with van der Waals surface area (Å²) in [4.78, 5) is 17.1. The molecule has 3 rings (SSSR count). The number of hydrogen-bond acceptors (Lipinski definition) is 4. The van der Waals surface area contributed by atoms with Crippen LogP contribution in [-0.2, 0) is 4.79 Å². The number of likely N-dealkylation sites (tertiary alicyclic amines) is 1. The van der Waals surface area contributed by atoms with Crippen molar-refractivity contribution < 1.29 is 9.32 Å². The highest BCUT2D eigenvalue weighted by atomic mass is 35.5. The van der Waals surface area contributed by atoms with E-state index in [1.54, 1.807) is 4.90 Å². The molecule has 7 heteroatoms. The van der Waals surface area contributed by atoms with E-state index in [0.29, 0.717) is 18.3 Å². The lowest BCUT2D eigenvalue weighted by atomic mass is 10.0. The molecule has 1 aromatic carbocycles. The molecule has 1 aliphatic heterocycles. The number of piperidine rings is 1. The maximum atomic E-state index is 12.1. The summed E-state index contributed by atoms with van der Waals surface area (Å²) in [6, 6.07) is 9.30. The molecule has 116 valence electrons. The summed E-state index contributed by atoms with van der Waals surface area (Å²) in [5.41, 5.74) is 0.874. The normalized spacial score (nSPS) is 18.7. The van der Waals surface area contributed by atoms with E-state index in [1.807, 2.05) is 30.3 Å². The number of nitrogens with zero attached hydrogens (tertiary/aromatic N) is 3. The van der Waals surface area contributed by atoms with Crippen LogP contribution in [0.15, 0.2) is 34.9 Å². The van der Waals surface area contributed by atoms with Crippen molar-refractivity contribution in [1.29, 1.82) is 0 Å². The fraction of sp³-hybridized carbons (Fsp3) is 0.400. The number of rotatable bonds is 3. The molecule has 1 aromatic heterocycles. The van der Waals surface area contributed by atoms with Crippen LogP contribution < -0.4 is 0 Å². The second-order valence-corrected chi connectivity index (χ2v) is 6.26. The SMILES string of the molecule is O=C(C(Cl)Cl)N1CCCCC1c1nc(-c2ccccc2)no1. The third kappa shape index (κ3) is 3.10. The van der Waals surface area contributed by atoms with E-state index in [9.17, 15) is 4.79 Å². The van der Waals surface area contributed by atoms with Crippen LogP contribution in [0.25, 0.3) is 11.4 Å². The van der Waals surface area contributed by atoms with Crippen molar-refractivity contribution in [2.45, 2.75) is 30.1 Å². The number of carbonyl (C=O) groups excluding carboxylic acids is 1. The molecule has 0 saturated carbocycles. The van der Waals surface area contributed by atoms with E-state index in [0.717, 1.165) is 24.8 Å². The molecule has 1 amide bonds. The molecule has 1 atom stereocenters. The Morgan fingerprint density at radius 3 is 2.77 bits per heavy atom. The fourth-order valence-electron chi connectivity index (χ4n) is 2.65. The molecule has 0 bridgehead atoms. The highest BCUT2D eigenvalue weighted by Crippen LogP contribution is 2.32. The molecule has 0 N–H and O–H groups in total. The second kappa shape index (κ2) is 6.67. The predicted molar refractivity (Wildman–Crippen MR) is 83.5 cm³/mol. The minimum atomic E-state index is -1.07. The number of alkyl halides is 2. The van der Waals surface area contributed by atoms with E-state index in [1.165, 1.54) is 0 Å². The molecule has 5 nitrogen and oxygen atoms in total. The predicted octanol–water partition coefficient (Wildman–Crippen LogP) is 3.59. The summed E-state index contributed by atoms with van der Waals surface area (Å²) in [7, 11) is 0. The topological polar surface area (TPSA) is 59.2 Å². The summed E-state index contributed by atoms with van der Waals surface area (Å²) in [6.45, 7) is 0.600. The first-order chi connectivity index (χ1) is 10.7. The molecular formula is C15H15Cl2N3O2. The van der Waals surface area contributed by atoms with Crippen molar-refractivity contribution in [3.63, 3.8) is 0 Å². The molecule has 1 aliphatic rings. The van der Waals surface area contributed by atoms with Crippen LogP contribution >= 0.6 is 23.2 Å². The first-order valence-electron chi connectivity index (χ1n) is 7.14. The standard InChI is InChI=1S/C15H15Cl2N3O2/c16-12(17)15(21)20-9-5-4-8-11(20)14-18-13(19-22-14)10-6-2-1-3-7-10/h1-3,6-7,11-12H,4-5,8-9H2. The zero-order valence-electron chi connectivity index (χ0n) is 11.8. The monoisotopic (exact) mass is 339 g/mol. The van der Waals surface area contributed by atoms with Gasteiger partial charge in [-0.15, -0.1) is 0 Å². The van der Waals surface area contributed by atoms with Gasteiger partial charge in [0.25, 0.3) is 5.91 Å². The Balaban J connectivity index is 1.86. The Hall–Kier alpha value is -1.59. The number of aromatic nitrogens is 2. The molecule has 0 aliphatic carbocycles. The minimum absolute atomic E-state index is 0.258. The van der Waals surface area contributed by atoms with Crippen molar-refractivity contribution in [2.24, 2.45) is 0 Å². The van der Waals surface area contributed by atoms with Gasteiger partial charge in [0, 0.05) is 12.1 Å². The van der Waals surface area contributed by atoms with Crippen LogP contribution in [0.2, 0.25) is 0 Å². The maximum Gasteiger partial charge on any atom is 0.256 e. The number of halogens is 2. The van der Waals surface area contributed by atoms with Crippen LogP contribution in [0.3, 0.4) is 0 Å². The van der Waals surface area contributed by atoms with Gasteiger partial charge in [0.05, 0.1) is 0 Å². The van der Waals surface area contributed by atoms with Crippen LogP contribution in [0.4, 0.5) is 0 Å². The Labute approximate surface area is 138 Å². The first-order valence-corrected chi connectivity index (χ1v) is 8.02. The van der Waals surface area contributed by atoms with Gasteiger partial charge in [-0.2, -0.15) is 4.98 Å². The van der Waals surface area contributed by atoms with Crippen molar-refractivity contribution in [1.82, 2.24) is 15.0 Å². The Morgan fingerprint density at radius 2 is 2.05 bits per heavy atom. The highest BCUT2D eigenvalue weighted by molar-refractivity contribution is 6.53. The lowest BCUT2D eigenvalue weighted by Gasteiger charge is -2.33. The molecule has 2 aromatic rings. The molecule has 1 saturated heterocycles. The third-order valence-corrected chi connectivity index (χ3v) is 4.10. The van der Waals surface area contributed by atoms with Gasteiger partial charge in [-0.05, 0) is 19.3 Å². The van der Waals surface area contributed by atoms with Crippen molar-refractivity contribution >= 4 is 29.1 Å². The van der Waals surface area contributed by atoms with Crippen LogP contribution in [0.5, 0.6) is 0 Å². The van der Waals surface area contributed by atoms with Crippen LogP contribution in [0, 0.1) is 0 Å². The van der Waals surface area contributed by atoms with Gasteiger partial charge in [-0.1, -0.05) is 58.7 Å². The van der Waals surface area contributed by atoms with Crippen molar-refractivity contribution in [3.05, 3.63) is 36.2 Å². The largest absolute Gasteiger partial charge is 0.337 e. The lowest BCUT2D eigenvalue weighted by Crippen LogP contribution is -2.41. The van der Waals surface area contributed by atoms with Gasteiger partial charge in [0.2, 0.25) is 11.7 Å². The first kappa shape index (κ1) is 15.3. The summed E-state index contributed by atoms with van der Waals surface area (Å²) in [6.07, 6.45) is 2.68. The maximum absolute atomic E-state index is 12.1. The van der Waals surface area contributed by atoms with Gasteiger partial charge >= 0.3 is 0 Å². The molecular weight excluding hydrogens is 325 g/mol. The van der Waals surface area contributed by atoms with Gasteiger partial charge in [-0.25, -0.2) is 0 Å². The summed E-state index contributed by atoms with van der Waals surface area (Å²) in [5.74, 6) is 0.634. The average Bonchev–Trinajstić information content (AvgIpc) is 3.05. The molecule has 0 radical (unpaired) electrons. The molecule has 1 fully saturated rings. The third-order valence-electron chi connectivity index (χ3n) is 3.73. The van der Waals surface area contributed by atoms with Crippen LogP contribution in [0.1, 0.15) is 31.2 Å². The van der Waals surface area contributed by atoms with Gasteiger partial charge < -0.3 is 9.42 Å². The van der Waals surface area contributed by atoms with Gasteiger partial charge in [0.1, 0.15) is 6.04 Å². The Kier molecular flexibility index (Phi) is 4.64. The number of benzene rings is 1. The molecule has 0 spiro atoms. The fourth-order valence-corrected chi connectivity index (χ4v) is 2.90. The zero-order valence-corrected chi connectivity index (χ0v) is 13.3. The quantitative estimate of drug-likeness (QED) is 0.801. The smallest absolute Gasteiger partial charge is 0.256 e.